The number of anilines is 1. The Morgan fingerprint density at radius 1 is 1.08 bits per heavy atom. The average Bonchev–Trinajstić information content (AvgIpc) is 2.65. The van der Waals surface area contributed by atoms with E-state index in [1.54, 1.807) is 12.1 Å². The van der Waals surface area contributed by atoms with Crippen molar-refractivity contribution < 1.29 is 28.7 Å². The number of hydrogen-bond donors (Lipinski definition) is 1. The molecule has 0 aliphatic rings. The van der Waals surface area contributed by atoms with Gasteiger partial charge in [0.25, 0.3) is 11.6 Å². The minimum absolute atomic E-state index is 0.0116. The van der Waals surface area contributed by atoms with E-state index >= 15 is 0 Å². The number of nitro groups is 1. The molecule has 0 bridgehead atoms. The van der Waals surface area contributed by atoms with Crippen LogP contribution in [0.15, 0.2) is 42.5 Å². The lowest BCUT2D eigenvalue weighted by Gasteiger charge is -2.12. The number of hydrogen-bond acceptors (Lipinski definition) is 7. The van der Waals surface area contributed by atoms with Gasteiger partial charge in [0, 0.05) is 6.07 Å². The summed E-state index contributed by atoms with van der Waals surface area (Å²) in [7, 11) is 2.79. The summed E-state index contributed by atoms with van der Waals surface area (Å²) >= 11 is 0. The van der Waals surface area contributed by atoms with Crippen LogP contribution in [-0.2, 0) is 9.53 Å². The molecule has 0 saturated carbocycles. The summed E-state index contributed by atoms with van der Waals surface area (Å²) < 4.78 is 15.2. The number of esters is 1. The summed E-state index contributed by atoms with van der Waals surface area (Å²) in [5, 5.41) is 13.3. The first-order chi connectivity index (χ1) is 12.5. The maximum atomic E-state index is 12.2. The number of amides is 1. The first-order valence-electron chi connectivity index (χ1n) is 7.39. The van der Waals surface area contributed by atoms with Gasteiger partial charge in [-0.15, -0.1) is 0 Å². The Bertz CT molecular complexity index is 836. The molecule has 0 atom stereocenters. The normalized spacial score (nSPS) is 9.92. The highest BCUT2D eigenvalue weighted by molar-refractivity contribution is 5.98. The van der Waals surface area contributed by atoms with Gasteiger partial charge in [-0.1, -0.05) is 18.2 Å². The van der Waals surface area contributed by atoms with Gasteiger partial charge >= 0.3 is 5.97 Å². The third-order valence-corrected chi connectivity index (χ3v) is 3.33. The Morgan fingerprint density at radius 3 is 2.46 bits per heavy atom. The van der Waals surface area contributed by atoms with Crippen molar-refractivity contribution >= 4 is 23.3 Å². The van der Waals surface area contributed by atoms with Crippen LogP contribution in [0.25, 0.3) is 0 Å². The molecule has 0 unspecified atom stereocenters. The zero-order valence-corrected chi connectivity index (χ0v) is 14.1. The minimum atomic E-state index is -0.793. The largest absolute Gasteiger partial charge is 0.493 e. The zero-order valence-electron chi connectivity index (χ0n) is 14.1. The van der Waals surface area contributed by atoms with Crippen LogP contribution in [0, 0.1) is 10.1 Å². The molecule has 2 aromatic rings. The fraction of sp³-hybridized carbons (Fsp3) is 0.176. The fourth-order valence-corrected chi connectivity index (χ4v) is 2.18. The van der Waals surface area contributed by atoms with Crippen molar-refractivity contribution in [2.24, 2.45) is 0 Å². The topological polar surface area (TPSA) is 117 Å². The van der Waals surface area contributed by atoms with Crippen molar-refractivity contribution in [1.82, 2.24) is 0 Å². The molecule has 0 aliphatic heterocycles. The summed E-state index contributed by atoms with van der Waals surface area (Å²) in [4.78, 5) is 34.4. The van der Waals surface area contributed by atoms with Gasteiger partial charge in [0.1, 0.15) is 11.3 Å². The lowest BCUT2D eigenvalue weighted by molar-refractivity contribution is -0.383. The van der Waals surface area contributed by atoms with Crippen molar-refractivity contribution in [1.29, 1.82) is 0 Å². The van der Waals surface area contributed by atoms with Gasteiger partial charge in [-0.3, -0.25) is 14.9 Å². The Balaban J connectivity index is 2.04. The van der Waals surface area contributed by atoms with Gasteiger partial charge in [0.2, 0.25) is 0 Å². The highest BCUT2D eigenvalue weighted by Crippen LogP contribution is 2.31. The molecule has 0 radical (unpaired) electrons. The second-order valence-corrected chi connectivity index (χ2v) is 4.94. The van der Waals surface area contributed by atoms with Crippen LogP contribution in [0.2, 0.25) is 0 Å². The van der Waals surface area contributed by atoms with Crippen molar-refractivity contribution in [3.05, 3.63) is 58.1 Å². The Labute approximate surface area is 148 Å². The number of methoxy groups -OCH3 is 2. The van der Waals surface area contributed by atoms with Crippen molar-refractivity contribution in [3.8, 4) is 11.5 Å². The third-order valence-electron chi connectivity index (χ3n) is 3.33. The van der Waals surface area contributed by atoms with Crippen molar-refractivity contribution in [2.75, 3.05) is 26.1 Å². The van der Waals surface area contributed by atoms with E-state index in [4.69, 9.17) is 14.2 Å². The van der Waals surface area contributed by atoms with E-state index in [9.17, 15) is 19.7 Å². The molecule has 1 amide bonds. The average molecular weight is 360 g/mol. The highest BCUT2D eigenvalue weighted by Gasteiger charge is 2.20. The number of carbonyl (C=O) groups excluding carboxylic acids is 2. The van der Waals surface area contributed by atoms with Crippen LogP contribution in [0.5, 0.6) is 11.5 Å². The fourth-order valence-electron chi connectivity index (χ4n) is 2.18. The molecule has 136 valence electrons. The SMILES string of the molecule is COc1cccc(C(=O)OCC(=O)Nc2ccccc2[N+](=O)[O-])c1OC. The number of rotatable bonds is 7. The third kappa shape index (κ3) is 4.26. The van der Waals surface area contributed by atoms with Crippen LogP contribution in [0.1, 0.15) is 10.4 Å². The molecule has 0 saturated heterocycles. The summed E-state index contributed by atoms with van der Waals surface area (Å²) in [6.07, 6.45) is 0. The molecule has 0 heterocycles. The Kier molecular flexibility index (Phi) is 6.10. The predicted octanol–water partition coefficient (Wildman–Crippen LogP) is 2.41. The second kappa shape index (κ2) is 8.47. The monoisotopic (exact) mass is 360 g/mol. The molecular formula is C17H16N2O7. The molecule has 9 heteroatoms. The number of benzene rings is 2. The second-order valence-electron chi connectivity index (χ2n) is 4.94. The number of nitro benzene ring substituents is 1. The van der Waals surface area contributed by atoms with Crippen LogP contribution in [0.3, 0.4) is 0 Å². The molecule has 26 heavy (non-hydrogen) atoms. The van der Waals surface area contributed by atoms with E-state index in [0.29, 0.717) is 5.75 Å². The standard InChI is InChI=1S/C17H16N2O7/c1-24-14-9-5-6-11(16(14)25-2)17(21)26-10-15(20)18-12-7-3-4-8-13(12)19(22)23/h3-9H,10H2,1-2H3,(H,18,20). The molecular weight excluding hydrogens is 344 g/mol. The van der Waals surface area contributed by atoms with E-state index in [0.717, 1.165) is 0 Å². The first kappa shape index (κ1) is 18.7. The lowest BCUT2D eigenvalue weighted by atomic mass is 10.2. The summed E-state index contributed by atoms with van der Waals surface area (Å²) in [5.74, 6) is -0.988. The Hall–Kier alpha value is -3.62. The van der Waals surface area contributed by atoms with Gasteiger partial charge in [0.05, 0.1) is 19.1 Å². The molecule has 0 aliphatic carbocycles. The van der Waals surface area contributed by atoms with Gasteiger partial charge in [0.15, 0.2) is 18.1 Å². The molecule has 0 aromatic heterocycles. The number of carbonyl (C=O) groups is 2. The van der Waals surface area contributed by atoms with Crippen LogP contribution >= 0.6 is 0 Å². The maximum absolute atomic E-state index is 12.2. The quantitative estimate of drug-likeness (QED) is 0.458. The molecule has 2 rings (SSSR count). The molecule has 1 N–H and O–H groups in total. The summed E-state index contributed by atoms with van der Waals surface area (Å²) in [5.41, 5.74) is -0.163. The minimum Gasteiger partial charge on any atom is -0.493 e. The highest BCUT2D eigenvalue weighted by atomic mass is 16.6. The van der Waals surface area contributed by atoms with Gasteiger partial charge < -0.3 is 19.5 Å². The van der Waals surface area contributed by atoms with E-state index in [2.05, 4.69) is 5.32 Å². The molecule has 9 nitrogen and oxygen atoms in total. The van der Waals surface area contributed by atoms with Crippen LogP contribution in [0.4, 0.5) is 11.4 Å². The van der Waals surface area contributed by atoms with Crippen molar-refractivity contribution in [3.63, 3.8) is 0 Å². The summed E-state index contributed by atoms with van der Waals surface area (Å²) in [6, 6.07) is 10.3. The van der Waals surface area contributed by atoms with Crippen molar-refractivity contribution in [2.45, 2.75) is 0 Å². The lowest BCUT2D eigenvalue weighted by Crippen LogP contribution is -2.21. The van der Waals surface area contributed by atoms with E-state index in [1.165, 1.54) is 44.6 Å². The van der Waals surface area contributed by atoms with E-state index in [1.807, 2.05) is 0 Å². The van der Waals surface area contributed by atoms with Gasteiger partial charge in [-0.25, -0.2) is 4.79 Å². The number of para-hydroxylation sites is 3. The van der Waals surface area contributed by atoms with Gasteiger partial charge in [-0.05, 0) is 18.2 Å². The van der Waals surface area contributed by atoms with Gasteiger partial charge in [-0.2, -0.15) is 0 Å². The van der Waals surface area contributed by atoms with Crippen LogP contribution in [-0.4, -0.2) is 37.6 Å². The number of ether oxygens (including phenoxy) is 3. The number of nitrogens with zero attached hydrogens (tertiary/aromatic N) is 1. The van der Waals surface area contributed by atoms with E-state index in [-0.39, 0.29) is 22.7 Å². The molecule has 0 fully saturated rings. The predicted molar refractivity (Wildman–Crippen MR) is 91.6 cm³/mol. The number of nitrogens with one attached hydrogen (secondary N) is 1. The van der Waals surface area contributed by atoms with E-state index < -0.39 is 23.4 Å². The molecule has 0 spiro atoms. The smallest absolute Gasteiger partial charge is 0.342 e. The maximum Gasteiger partial charge on any atom is 0.342 e. The summed E-state index contributed by atoms with van der Waals surface area (Å²) in [6.45, 7) is -0.620. The Morgan fingerprint density at radius 2 is 1.81 bits per heavy atom. The molecule has 2 aromatic carbocycles. The van der Waals surface area contributed by atoms with Crippen LogP contribution < -0.4 is 14.8 Å². The first-order valence-corrected chi connectivity index (χ1v) is 7.39. The zero-order chi connectivity index (χ0) is 19.1.